The number of phenolic OH excluding ortho intramolecular Hbond substituents is 1. The number of aromatic nitrogens is 2. The fourth-order valence-electron chi connectivity index (χ4n) is 3.40. The Morgan fingerprint density at radius 1 is 1.09 bits per heavy atom. The second-order valence-corrected chi connectivity index (χ2v) is 6.18. The van der Waals surface area contributed by atoms with Gasteiger partial charge in [0.15, 0.2) is 0 Å². The number of piperazine rings is 1. The Labute approximate surface area is 130 Å². The Morgan fingerprint density at radius 3 is 2.55 bits per heavy atom. The zero-order valence-electron chi connectivity index (χ0n) is 12.7. The quantitative estimate of drug-likeness (QED) is 0.912. The van der Waals surface area contributed by atoms with Gasteiger partial charge in [0.25, 0.3) is 0 Å². The maximum Gasteiger partial charge on any atom is 0.141 e. The van der Waals surface area contributed by atoms with Gasteiger partial charge in [0, 0.05) is 32.1 Å². The average molecular weight is 298 g/mol. The smallest absolute Gasteiger partial charge is 0.141 e. The number of anilines is 1. The largest absolute Gasteiger partial charge is 0.506 e. The van der Waals surface area contributed by atoms with Crippen LogP contribution in [0.15, 0.2) is 30.5 Å². The van der Waals surface area contributed by atoms with Crippen LogP contribution in [-0.2, 0) is 0 Å². The molecule has 1 saturated carbocycles. The van der Waals surface area contributed by atoms with Crippen molar-refractivity contribution in [3.63, 3.8) is 0 Å². The Morgan fingerprint density at radius 2 is 1.86 bits per heavy atom. The van der Waals surface area contributed by atoms with Gasteiger partial charge in [-0.3, -0.25) is 0 Å². The first-order valence-electron chi connectivity index (χ1n) is 8.16. The van der Waals surface area contributed by atoms with Gasteiger partial charge < -0.3 is 15.3 Å². The van der Waals surface area contributed by atoms with Gasteiger partial charge in [-0.05, 0) is 25.0 Å². The van der Waals surface area contributed by atoms with Crippen molar-refractivity contribution in [1.29, 1.82) is 0 Å². The van der Waals surface area contributed by atoms with Gasteiger partial charge in [0.2, 0.25) is 0 Å². The topological polar surface area (TPSA) is 53.3 Å². The summed E-state index contributed by atoms with van der Waals surface area (Å²) in [7, 11) is 0. The molecule has 0 atom stereocenters. The van der Waals surface area contributed by atoms with Gasteiger partial charge in [-0.1, -0.05) is 18.6 Å². The van der Waals surface area contributed by atoms with E-state index in [1.807, 2.05) is 29.1 Å². The van der Waals surface area contributed by atoms with Crippen LogP contribution in [0.2, 0.25) is 0 Å². The number of para-hydroxylation sites is 2. The first kappa shape index (κ1) is 13.6. The van der Waals surface area contributed by atoms with Crippen LogP contribution in [0, 0.1) is 0 Å². The highest BCUT2D eigenvalue weighted by Crippen LogP contribution is 2.42. The lowest BCUT2D eigenvalue weighted by atomic mass is 9.82. The molecule has 0 amide bonds. The van der Waals surface area contributed by atoms with E-state index in [9.17, 15) is 5.11 Å². The third kappa shape index (κ3) is 2.25. The number of phenols is 1. The normalized spacial score (nSPS) is 19.2. The van der Waals surface area contributed by atoms with Crippen LogP contribution in [0.3, 0.4) is 0 Å². The maximum atomic E-state index is 10.2. The van der Waals surface area contributed by atoms with Crippen molar-refractivity contribution in [2.75, 3.05) is 31.1 Å². The number of nitrogens with one attached hydrogen (secondary N) is 1. The molecular weight excluding hydrogens is 276 g/mol. The minimum absolute atomic E-state index is 0.290. The minimum atomic E-state index is 0.290. The summed E-state index contributed by atoms with van der Waals surface area (Å²) in [5.74, 6) is 0.852. The summed E-state index contributed by atoms with van der Waals surface area (Å²) in [6, 6.07) is 7.46. The van der Waals surface area contributed by atoms with Crippen LogP contribution in [-0.4, -0.2) is 41.1 Å². The average Bonchev–Trinajstić information content (AvgIpc) is 2.91. The number of hydrogen-bond acceptors (Lipinski definition) is 4. The molecule has 0 unspecified atom stereocenters. The van der Waals surface area contributed by atoms with E-state index in [0.29, 0.717) is 5.92 Å². The highest BCUT2D eigenvalue weighted by molar-refractivity contribution is 5.57. The highest BCUT2D eigenvalue weighted by atomic mass is 16.3. The van der Waals surface area contributed by atoms with Crippen LogP contribution in [0.5, 0.6) is 5.75 Å². The van der Waals surface area contributed by atoms with Crippen LogP contribution in [0.25, 0.3) is 5.69 Å². The molecule has 2 aromatic rings. The summed E-state index contributed by atoms with van der Waals surface area (Å²) < 4.78 is 1.95. The first-order valence-corrected chi connectivity index (χ1v) is 8.16. The van der Waals surface area contributed by atoms with E-state index >= 15 is 0 Å². The molecule has 1 aromatic carbocycles. The zero-order chi connectivity index (χ0) is 14.9. The molecule has 1 aliphatic heterocycles. The minimum Gasteiger partial charge on any atom is -0.506 e. The molecule has 5 heteroatoms. The summed E-state index contributed by atoms with van der Waals surface area (Å²) >= 11 is 0. The molecule has 2 heterocycles. The lowest BCUT2D eigenvalue weighted by molar-refractivity contribution is 0.400. The van der Waals surface area contributed by atoms with E-state index in [1.54, 1.807) is 6.07 Å². The SMILES string of the molecule is Oc1ccccc1-n1ncc(N2CCNCC2)c1C1CCC1. The van der Waals surface area contributed by atoms with Crippen molar-refractivity contribution in [2.24, 2.45) is 0 Å². The van der Waals surface area contributed by atoms with Crippen molar-refractivity contribution in [3.8, 4) is 11.4 Å². The molecule has 0 bridgehead atoms. The summed E-state index contributed by atoms with van der Waals surface area (Å²) in [5.41, 5.74) is 3.30. The van der Waals surface area contributed by atoms with Crippen LogP contribution >= 0.6 is 0 Å². The fourth-order valence-corrected chi connectivity index (χ4v) is 3.40. The standard InChI is InChI=1S/C17H22N4O/c22-16-7-2-1-6-14(16)21-17(13-4-3-5-13)15(12-19-21)20-10-8-18-9-11-20/h1-2,6-7,12-13,18,22H,3-5,8-11H2. The third-order valence-electron chi connectivity index (χ3n) is 4.85. The third-order valence-corrected chi connectivity index (χ3v) is 4.85. The number of nitrogens with zero attached hydrogens (tertiary/aromatic N) is 3. The van der Waals surface area contributed by atoms with Gasteiger partial charge >= 0.3 is 0 Å². The summed E-state index contributed by atoms with van der Waals surface area (Å²) in [6.45, 7) is 4.08. The molecule has 0 radical (unpaired) electrons. The van der Waals surface area contributed by atoms with Gasteiger partial charge in [-0.15, -0.1) is 0 Å². The first-order chi connectivity index (χ1) is 10.8. The molecular formula is C17H22N4O. The van der Waals surface area contributed by atoms with E-state index in [1.165, 1.54) is 30.6 Å². The Balaban J connectivity index is 1.78. The highest BCUT2D eigenvalue weighted by Gasteiger charge is 2.30. The predicted octanol–water partition coefficient (Wildman–Crippen LogP) is 2.25. The molecule has 1 aliphatic carbocycles. The van der Waals surface area contributed by atoms with Crippen LogP contribution in [0.1, 0.15) is 30.9 Å². The monoisotopic (exact) mass is 298 g/mol. The zero-order valence-corrected chi connectivity index (χ0v) is 12.7. The van der Waals surface area contributed by atoms with Gasteiger partial charge in [-0.25, -0.2) is 4.68 Å². The van der Waals surface area contributed by atoms with E-state index < -0.39 is 0 Å². The van der Waals surface area contributed by atoms with Crippen LogP contribution in [0.4, 0.5) is 5.69 Å². The summed E-state index contributed by atoms with van der Waals surface area (Å²) in [4.78, 5) is 2.42. The van der Waals surface area contributed by atoms with Gasteiger partial charge in [0.1, 0.15) is 11.4 Å². The molecule has 116 valence electrons. The predicted molar refractivity (Wildman–Crippen MR) is 86.9 cm³/mol. The van der Waals surface area contributed by atoms with Crippen molar-refractivity contribution < 1.29 is 5.11 Å². The molecule has 4 rings (SSSR count). The Kier molecular flexibility index (Phi) is 3.50. The van der Waals surface area contributed by atoms with Crippen molar-refractivity contribution in [3.05, 3.63) is 36.2 Å². The fraction of sp³-hybridized carbons (Fsp3) is 0.471. The van der Waals surface area contributed by atoms with E-state index in [2.05, 4.69) is 15.3 Å². The van der Waals surface area contributed by atoms with Gasteiger partial charge in [-0.2, -0.15) is 5.10 Å². The van der Waals surface area contributed by atoms with Crippen molar-refractivity contribution in [2.45, 2.75) is 25.2 Å². The second kappa shape index (κ2) is 5.65. The second-order valence-electron chi connectivity index (χ2n) is 6.18. The molecule has 2 aliphatic rings. The summed E-state index contributed by atoms with van der Waals surface area (Å²) in [6.07, 6.45) is 5.71. The Bertz CT molecular complexity index is 656. The number of benzene rings is 1. The van der Waals surface area contributed by atoms with Gasteiger partial charge in [0.05, 0.1) is 17.6 Å². The van der Waals surface area contributed by atoms with E-state index in [0.717, 1.165) is 31.9 Å². The van der Waals surface area contributed by atoms with E-state index in [4.69, 9.17) is 0 Å². The molecule has 5 nitrogen and oxygen atoms in total. The molecule has 22 heavy (non-hydrogen) atoms. The number of rotatable bonds is 3. The Hall–Kier alpha value is -2.01. The molecule has 2 N–H and O–H groups in total. The molecule has 2 fully saturated rings. The summed E-state index contributed by atoms with van der Waals surface area (Å²) in [5, 5.41) is 18.2. The van der Waals surface area contributed by atoms with Crippen LogP contribution < -0.4 is 10.2 Å². The lowest BCUT2D eigenvalue weighted by Gasteiger charge is -2.33. The van der Waals surface area contributed by atoms with Crippen molar-refractivity contribution in [1.82, 2.24) is 15.1 Å². The molecule has 1 aromatic heterocycles. The maximum absolute atomic E-state index is 10.2. The molecule has 1 saturated heterocycles. The number of hydrogen-bond donors (Lipinski definition) is 2. The van der Waals surface area contributed by atoms with E-state index in [-0.39, 0.29) is 5.75 Å². The van der Waals surface area contributed by atoms with Crippen molar-refractivity contribution >= 4 is 5.69 Å². The number of aromatic hydroxyl groups is 1. The molecule has 0 spiro atoms. The lowest BCUT2D eigenvalue weighted by Crippen LogP contribution is -2.44.